The lowest BCUT2D eigenvalue weighted by molar-refractivity contribution is -0.151. The number of amides is 1. The Morgan fingerprint density at radius 2 is 1.28 bits per heavy atom. The standard InChI is InChI=1S/C17H32N2O6/c1-12(2)10-23-14(20)8-19(9-15(21)24-11-13(3)4)18-16(22)25-17(5,6)7/h12-13H,8-11H2,1-7H3,(H,18,22). The highest BCUT2D eigenvalue weighted by Gasteiger charge is 2.22. The molecule has 0 aliphatic heterocycles. The van der Waals surface area contributed by atoms with Crippen molar-refractivity contribution in [1.29, 1.82) is 0 Å². The first-order valence-corrected chi connectivity index (χ1v) is 8.45. The molecule has 0 aliphatic carbocycles. The van der Waals surface area contributed by atoms with E-state index < -0.39 is 23.6 Å². The average molecular weight is 360 g/mol. The number of hydrogen-bond acceptors (Lipinski definition) is 7. The van der Waals surface area contributed by atoms with Crippen molar-refractivity contribution in [2.24, 2.45) is 11.8 Å². The molecule has 1 N–H and O–H groups in total. The Morgan fingerprint density at radius 3 is 1.60 bits per heavy atom. The van der Waals surface area contributed by atoms with Crippen molar-refractivity contribution in [3.8, 4) is 0 Å². The average Bonchev–Trinajstić information content (AvgIpc) is 2.40. The number of ether oxygens (including phenoxy) is 3. The number of hydrogen-bond donors (Lipinski definition) is 1. The highest BCUT2D eigenvalue weighted by Crippen LogP contribution is 2.07. The number of nitrogens with one attached hydrogen (secondary N) is 1. The predicted octanol–water partition coefficient (Wildman–Crippen LogP) is 2.13. The maximum Gasteiger partial charge on any atom is 0.422 e. The molecule has 0 unspecified atom stereocenters. The van der Waals surface area contributed by atoms with Gasteiger partial charge in [0.25, 0.3) is 0 Å². The molecule has 1 amide bonds. The third kappa shape index (κ3) is 14.2. The van der Waals surface area contributed by atoms with Crippen molar-refractivity contribution < 1.29 is 28.6 Å². The predicted molar refractivity (Wildman–Crippen MR) is 92.5 cm³/mol. The van der Waals surface area contributed by atoms with E-state index in [4.69, 9.17) is 14.2 Å². The second-order valence-corrected chi connectivity index (χ2v) is 7.62. The van der Waals surface area contributed by atoms with Gasteiger partial charge in [0.05, 0.1) is 13.2 Å². The quantitative estimate of drug-likeness (QED) is 0.382. The van der Waals surface area contributed by atoms with Gasteiger partial charge < -0.3 is 14.2 Å². The minimum Gasteiger partial charge on any atom is -0.464 e. The van der Waals surface area contributed by atoms with E-state index >= 15 is 0 Å². The van der Waals surface area contributed by atoms with E-state index in [0.717, 1.165) is 5.01 Å². The summed E-state index contributed by atoms with van der Waals surface area (Å²) in [5, 5.41) is 1.12. The number of carbonyl (C=O) groups is 3. The molecule has 0 spiro atoms. The summed E-state index contributed by atoms with van der Waals surface area (Å²) in [5.74, 6) is -0.734. The van der Waals surface area contributed by atoms with E-state index in [1.807, 2.05) is 27.7 Å². The third-order valence-electron chi connectivity index (χ3n) is 2.44. The number of esters is 2. The highest BCUT2D eigenvalue weighted by molar-refractivity contribution is 5.76. The second kappa shape index (κ2) is 10.9. The first kappa shape index (κ1) is 23.2. The molecule has 0 bridgehead atoms. The summed E-state index contributed by atoms with van der Waals surface area (Å²) in [7, 11) is 0. The van der Waals surface area contributed by atoms with Crippen LogP contribution in [0.4, 0.5) is 4.79 Å². The van der Waals surface area contributed by atoms with Crippen molar-refractivity contribution in [2.45, 2.75) is 54.1 Å². The summed E-state index contributed by atoms with van der Waals surface area (Å²) in [4.78, 5) is 35.6. The third-order valence-corrected chi connectivity index (χ3v) is 2.44. The van der Waals surface area contributed by atoms with Crippen LogP contribution in [-0.4, -0.2) is 54.9 Å². The van der Waals surface area contributed by atoms with Gasteiger partial charge in [-0.3, -0.25) is 15.0 Å². The molecule has 0 aromatic carbocycles. The van der Waals surface area contributed by atoms with E-state index in [9.17, 15) is 14.4 Å². The van der Waals surface area contributed by atoms with Gasteiger partial charge in [-0.25, -0.2) is 4.79 Å². The molecule has 8 nitrogen and oxygen atoms in total. The molecule has 146 valence electrons. The number of carbonyl (C=O) groups excluding carboxylic acids is 3. The first-order chi connectivity index (χ1) is 11.4. The number of nitrogens with zero attached hydrogens (tertiary/aromatic N) is 1. The van der Waals surface area contributed by atoms with Crippen molar-refractivity contribution in [2.75, 3.05) is 26.3 Å². The lowest BCUT2D eigenvalue weighted by atomic mass is 10.2. The molecule has 0 rings (SSSR count). The van der Waals surface area contributed by atoms with Crippen LogP contribution in [0.25, 0.3) is 0 Å². The van der Waals surface area contributed by atoms with Gasteiger partial charge in [-0.05, 0) is 32.6 Å². The zero-order chi connectivity index (χ0) is 19.6. The molecule has 0 aliphatic rings. The van der Waals surface area contributed by atoms with Crippen molar-refractivity contribution in [3.05, 3.63) is 0 Å². The Balaban J connectivity index is 4.71. The summed E-state index contributed by atoms with van der Waals surface area (Å²) in [6.07, 6.45) is -0.763. The zero-order valence-corrected chi connectivity index (χ0v) is 16.4. The van der Waals surface area contributed by atoms with E-state index in [-0.39, 0.29) is 38.1 Å². The van der Waals surface area contributed by atoms with Crippen molar-refractivity contribution in [1.82, 2.24) is 10.4 Å². The Morgan fingerprint density at radius 1 is 0.880 bits per heavy atom. The van der Waals surface area contributed by atoms with Gasteiger partial charge in [0.1, 0.15) is 18.7 Å². The van der Waals surface area contributed by atoms with Gasteiger partial charge in [-0.2, -0.15) is 5.01 Å². The van der Waals surface area contributed by atoms with Crippen LogP contribution in [-0.2, 0) is 23.8 Å². The summed E-state index contributed by atoms with van der Waals surface area (Å²) in [6.45, 7) is 12.7. The van der Waals surface area contributed by atoms with Gasteiger partial charge in [0.2, 0.25) is 0 Å². The van der Waals surface area contributed by atoms with E-state index in [0.29, 0.717) is 0 Å². The van der Waals surface area contributed by atoms with E-state index in [1.54, 1.807) is 20.8 Å². The van der Waals surface area contributed by atoms with Gasteiger partial charge in [-0.15, -0.1) is 0 Å². The second-order valence-electron chi connectivity index (χ2n) is 7.62. The molecular weight excluding hydrogens is 328 g/mol. The molecule has 0 atom stereocenters. The Hall–Kier alpha value is -1.83. The summed E-state index contributed by atoms with van der Waals surface area (Å²) in [6, 6.07) is 0. The van der Waals surface area contributed by atoms with Gasteiger partial charge >= 0.3 is 18.0 Å². The smallest absolute Gasteiger partial charge is 0.422 e. The molecule has 0 saturated carbocycles. The first-order valence-electron chi connectivity index (χ1n) is 8.45. The van der Waals surface area contributed by atoms with E-state index in [2.05, 4.69) is 5.43 Å². The molecule has 0 radical (unpaired) electrons. The molecule has 0 aromatic rings. The van der Waals surface area contributed by atoms with Crippen molar-refractivity contribution >= 4 is 18.0 Å². The Bertz CT molecular complexity index is 417. The summed E-state index contributed by atoms with van der Waals surface area (Å²) >= 11 is 0. The fourth-order valence-electron chi connectivity index (χ4n) is 1.49. The van der Waals surface area contributed by atoms with Crippen LogP contribution in [0.5, 0.6) is 0 Å². The normalized spacial score (nSPS) is 11.6. The van der Waals surface area contributed by atoms with Crippen LogP contribution < -0.4 is 5.43 Å². The van der Waals surface area contributed by atoms with Crippen molar-refractivity contribution in [3.63, 3.8) is 0 Å². The van der Waals surface area contributed by atoms with Crippen LogP contribution in [0.1, 0.15) is 48.5 Å². The maximum atomic E-state index is 11.9. The molecule has 0 fully saturated rings. The van der Waals surface area contributed by atoms with Crippen LogP contribution in [0.15, 0.2) is 0 Å². The monoisotopic (exact) mass is 360 g/mol. The molecule has 0 saturated heterocycles. The maximum absolute atomic E-state index is 11.9. The highest BCUT2D eigenvalue weighted by atomic mass is 16.6. The lowest BCUT2D eigenvalue weighted by Crippen LogP contribution is -2.49. The number of rotatable bonds is 9. The SMILES string of the molecule is CC(C)COC(=O)CN(CC(=O)OCC(C)C)NC(=O)OC(C)(C)C. The van der Waals surface area contributed by atoms with Crippen LogP contribution in [0, 0.1) is 11.8 Å². The fraction of sp³-hybridized carbons (Fsp3) is 0.824. The molecule has 25 heavy (non-hydrogen) atoms. The number of hydrazine groups is 1. The van der Waals surface area contributed by atoms with Gasteiger partial charge in [-0.1, -0.05) is 27.7 Å². The molecule has 8 heteroatoms. The minimum absolute atomic E-state index is 0.187. The van der Waals surface area contributed by atoms with Gasteiger partial charge in [0, 0.05) is 0 Å². The Labute approximate surface area is 150 Å². The Kier molecular flexibility index (Phi) is 10.1. The molecular formula is C17H32N2O6. The molecule has 0 heterocycles. The van der Waals surface area contributed by atoms with Crippen LogP contribution in [0.3, 0.4) is 0 Å². The largest absolute Gasteiger partial charge is 0.464 e. The van der Waals surface area contributed by atoms with Crippen LogP contribution >= 0.6 is 0 Å². The van der Waals surface area contributed by atoms with Crippen LogP contribution in [0.2, 0.25) is 0 Å². The van der Waals surface area contributed by atoms with E-state index in [1.165, 1.54) is 0 Å². The lowest BCUT2D eigenvalue weighted by Gasteiger charge is -2.25. The summed E-state index contributed by atoms with van der Waals surface area (Å²) < 4.78 is 15.3. The summed E-state index contributed by atoms with van der Waals surface area (Å²) in [5.41, 5.74) is 1.68. The fourth-order valence-corrected chi connectivity index (χ4v) is 1.49. The molecule has 0 aromatic heterocycles. The van der Waals surface area contributed by atoms with Gasteiger partial charge in [0.15, 0.2) is 0 Å². The topological polar surface area (TPSA) is 94.2 Å². The zero-order valence-electron chi connectivity index (χ0n) is 16.4. The minimum atomic E-state index is -0.763.